The van der Waals surface area contributed by atoms with E-state index in [0.717, 1.165) is 30.9 Å². The molecule has 0 spiro atoms. The van der Waals surface area contributed by atoms with E-state index in [1.807, 2.05) is 48.5 Å². The molecule has 98 valence electrons. The molecule has 20 heavy (non-hydrogen) atoms. The van der Waals surface area contributed by atoms with Gasteiger partial charge in [0.25, 0.3) is 0 Å². The molecule has 2 nitrogen and oxygen atoms in total. The zero-order valence-corrected chi connectivity index (χ0v) is 13.4. The molecule has 0 radical (unpaired) electrons. The van der Waals surface area contributed by atoms with Crippen LogP contribution in [0.3, 0.4) is 0 Å². The fourth-order valence-electron chi connectivity index (χ4n) is 2.32. The second-order valence-electron chi connectivity index (χ2n) is 4.48. The highest BCUT2D eigenvalue weighted by Crippen LogP contribution is 2.44. The Labute approximate surface area is 131 Å². The standard InChI is InChI=1S/C16H8Br2O2/c17-13-9-5-1-3-7-11(9)19-15(13)16-14(18)10-6-2-4-8-12(10)20-16/h1-8H. The highest BCUT2D eigenvalue weighted by atomic mass is 79.9. The average Bonchev–Trinajstić information content (AvgIpc) is 2.98. The zero-order chi connectivity index (χ0) is 13.7. The average molecular weight is 392 g/mol. The minimum Gasteiger partial charge on any atom is -0.451 e. The Balaban J connectivity index is 2.06. The van der Waals surface area contributed by atoms with E-state index >= 15 is 0 Å². The molecule has 2 aromatic heterocycles. The van der Waals surface area contributed by atoms with Crippen molar-refractivity contribution >= 4 is 53.8 Å². The molecule has 2 aromatic carbocycles. The highest BCUT2D eigenvalue weighted by Gasteiger charge is 2.21. The van der Waals surface area contributed by atoms with E-state index in [9.17, 15) is 0 Å². The molecule has 4 rings (SSSR count). The first-order chi connectivity index (χ1) is 9.75. The second kappa shape index (κ2) is 4.50. The Hall–Kier alpha value is -1.52. The molecule has 0 N–H and O–H groups in total. The summed E-state index contributed by atoms with van der Waals surface area (Å²) in [4.78, 5) is 0. The van der Waals surface area contributed by atoms with Gasteiger partial charge in [0.05, 0.1) is 8.95 Å². The van der Waals surface area contributed by atoms with Crippen LogP contribution in [0.15, 0.2) is 66.3 Å². The molecule has 0 aliphatic heterocycles. The molecule has 0 aliphatic rings. The largest absolute Gasteiger partial charge is 0.451 e. The van der Waals surface area contributed by atoms with Gasteiger partial charge in [-0.25, -0.2) is 0 Å². The summed E-state index contributed by atoms with van der Waals surface area (Å²) in [5.41, 5.74) is 1.67. The normalized spacial score (nSPS) is 11.5. The molecule has 0 bridgehead atoms. The molecule has 0 aliphatic carbocycles. The van der Waals surface area contributed by atoms with Crippen molar-refractivity contribution in [1.82, 2.24) is 0 Å². The van der Waals surface area contributed by atoms with Crippen molar-refractivity contribution in [2.24, 2.45) is 0 Å². The number of hydrogen-bond donors (Lipinski definition) is 0. The molecular weight excluding hydrogens is 384 g/mol. The summed E-state index contributed by atoms with van der Waals surface area (Å²) >= 11 is 7.21. The second-order valence-corrected chi connectivity index (χ2v) is 6.07. The molecular formula is C16H8Br2O2. The first-order valence-corrected chi connectivity index (χ1v) is 7.69. The lowest BCUT2D eigenvalue weighted by Crippen LogP contribution is -1.71. The van der Waals surface area contributed by atoms with Crippen LogP contribution >= 0.6 is 31.9 Å². The van der Waals surface area contributed by atoms with Gasteiger partial charge in [-0.2, -0.15) is 0 Å². The molecule has 4 heteroatoms. The molecule has 4 aromatic rings. The third-order valence-electron chi connectivity index (χ3n) is 3.28. The van der Waals surface area contributed by atoms with Crippen molar-refractivity contribution in [3.05, 3.63) is 57.5 Å². The van der Waals surface area contributed by atoms with E-state index in [-0.39, 0.29) is 0 Å². The molecule has 2 heterocycles. The third kappa shape index (κ3) is 1.68. The molecule has 0 saturated carbocycles. The van der Waals surface area contributed by atoms with E-state index in [1.165, 1.54) is 0 Å². The SMILES string of the molecule is Brc1c(-c2oc3ccccc3c2Br)oc2ccccc12. The molecule has 0 atom stereocenters. The summed E-state index contributed by atoms with van der Waals surface area (Å²) in [5, 5.41) is 2.07. The number of furan rings is 2. The number of benzene rings is 2. The van der Waals surface area contributed by atoms with Crippen molar-refractivity contribution in [1.29, 1.82) is 0 Å². The van der Waals surface area contributed by atoms with Crippen LogP contribution in [0.2, 0.25) is 0 Å². The summed E-state index contributed by atoms with van der Waals surface area (Å²) in [7, 11) is 0. The smallest absolute Gasteiger partial charge is 0.186 e. The number of fused-ring (bicyclic) bond motifs is 2. The zero-order valence-electron chi connectivity index (χ0n) is 10.2. The minimum atomic E-state index is 0.703. The van der Waals surface area contributed by atoms with Crippen molar-refractivity contribution in [2.75, 3.05) is 0 Å². The molecule has 0 saturated heterocycles. The maximum absolute atomic E-state index is 5.92. The van der Waals surface area contributed by atoms with Gasteiger partial charge in [0, 0.05) is 10.8 Å². The van der Waals surface area contributed by atoms with Gasteiger partial charge in [0.1, 0.15) is 11.2 Å². The van der Waals surface area contributed by atoms with Crippen molar-refractivity contribution in [2.45, 2.75) is 0 Å². The van der Waals surface area contributed by atoms with Crippen LogP contribution in [-0.4, -0.2) is 0 Å². The number of hydrogen-bond acceptors (Lipinski definition) is 2. The fraction of sp³-hybridized carbons (Fsp3) is 0. The van der Waals surface area contributed by atoms with Gasteiger partial charge in [-0.15, -0.1) is 0 Å². The summed E-state index contributed by atoms with van der Waals surface area (Å²) < 4.78 is 13.7. The van der Waals surface area contributed by atoms with Gasteiger partial charge in [-0.1, -0.05) is 24.3 Å². The highest BCUT2D eigenvalue weighted by molar-refractivity contribution is 9.11. The summed E-state index contributed by atoms with van der Waals surface area (Å²) in [6.45, 7) is 0. The van der Waals surface area contributed by atoms with Gasteiger partial charge >= 0.3 is 0 Å². The van der Waals surface area contributed by atoms with Gasteiger partial charge in [0.2, 0.25) is 0 Å². The van der Waals surface area contributed by atoms with Crippen LogP contribution in [0.4, 0.5) is 0 Å². The van der Waals surface area contributed by atoms with E-state index in [1.54, 1.807) is 0 Å². The van der Waals surface area contributed by atoms with E-state index in [0.29, 0.717) is 11.5 Å². The number of halogens is 2. The van der Waals surface area contributed by atoms with Crippen molar-refractivity contribution in [3.63, 3.8) is 0 Å². The topological polar surface area (TPSA) is 26.3 Å². The van der Waals surface area contributed by atoms with Crippen molar-refractivity contribution < 1.29 is 8.83 Å². The fourth-order valence-corrected chi connectivity index (χ4v) is 3.50. The van der Waals surface area contributed by atoms with Crippen LogP contribution in [0.5, 0.6) is 0 Å². The third-order valence-corrected chi connectivity index (χ3v) is 4.85. The van der Waals surface area contributed by atoms with Crippen LogP contribution in [0.1, 0.15) is 0 Å². The lowest BCUT2D eigenvalue weighted by atomic mass is 10.2. The van der Waals surface area contributed by atoms with Crippen LogP contribution < -0.4 is 0 Å². The van der Waals surface area contributed by atoms with Crippen LogP contribution in [-0.2, 0) is 0 Å². The number of rotatable bonds is 1. The summed E-state index contributed by atoms with van der Waals surface area (Å²) in [6, 6.07) is 15.8. The number of para-hydroxylation sites is 2. The predicted octanol–water partition coefficient (Wildman–Crippen LogP) is 6.37. The summed E-state index contributed by atoms with van der Waals surface area (Å²) in [5.74, 6) is 1.41. The Morgan fingerprint density at radius 3 is 1.40 bits per heavy atom. The van der Waals surface area contributed by atoms with E-state index < -0.39 is 0 Å². The lowest BCUT2D eigenvalue weighted by molar-refractivity contribution is 0.566. The minimum absolute atomic E-state index is 0.703. The Bertz CT molecular complexity index is 856. The first kappa shape index (κ1) is 12.2. The lowest BCUT2D eigenvalue weighted by Gasteiger charge is -1.93. The quantitative estimate of drug-likeness (QED) is 0.376. The maximum atomic E-state index is 5.92. The Morgan fingerprint density at radius 2 is 1.00 bits per heavy atom. The van der Waals surface area contributed by atoms with Gasteiger partial charge in [-0.05, 0) is 56.1 Å². The monoisotopic (exact) mass is 390 g/mol. The van der Waals surface area contributed by atoms with Gasteiger partial charge in [0.15, 0.2) is 11.5 Å². The molecule has 0 fully saturated rings. The van der Waals surface area contributed by atoms with Gasteiger partial charge < -0.3 is 8.83 Å². The Morgan fingerprint density at radius 1 is 0.600 bits per heavy atom. The van der Waals surface area contributed by atoms with E-state index in [2.05, 4.69) is 31.9 Å². The van der Waals surface area contributed by atoms with Crippen LogP contribution in [0.25, 0.3) is 33.5 Å². The van der Waals surface area contributed by atoms with Crippen molar-refractivity contribution in [3.8, 4) is 11.5 Å². The molecule has 0 amide bonds. The van der Waals surface area contributed by atoms with E-state index in [4.69, 9.17) is 8.83 Å². The maximum Gasteiger partial charge on any atom is 0.186 e. The summed E-state index contributed by atoms with van der Waals surface area (Å²) in [6.07, 6.45) is 0. The van der Waals surface area contributed by atoms with Crippen LogP contribution in [0, 0.1) is 0 Å². The predicted molar refractivity (Wildman–Crippen MR) is 86.8 cm³/mol. The molecule has 0 unspecified atom stereocenters. The Kier molecular flexibility index (Phi) is 2.75. The first-order valence-electron chi connectivity index (χ1n) is 6.10. The van der Waals surface area contributed by atoms with Gasteiger partial charge in [-0.3, -0.25) is 0 Å².